The van der Waals surface area contributed by atoms with Crippen molar-refractivity contribution in [2.75, 3.05) is 0 Å². The molecule has 48 valence electrons. The first-order valence-electron chi connectivity index (χ1n) is 3.11. The van der Waals surface area contributed by atoms with Gasteiger partial charge in [-0.3, -0.25) is 0 Å². The van der Waals surface area contributed by atoms with Gasteiger partial charge in [0, 0.05) is 5.92 Å². The van der Waals surface area contributed by atoms with E-state index in [1.165, 1.54) is 6.42 Å². The van der Waals surface area contributed by atoms with Gasteiger partial charge in [-0.05, 0) is 12.3 Å². The number of tetrazole rings is 1. The van der Waals surface area contributed by atoms with E-state index in [4.69, 9.17) is 0 Å². The van der Waals surface area contributed by atoms with E-state index in [2.05, 4.69) is 27.5 Å². The molecule has 1 fully saturated rings. The zero-order valence-corrected chi connectivity index (χ0v) is 5.20. The molecule has 0 saturated heterocycles. The van der Waals surface area contributed by atoms with Gasteiger partial charge in [0.1, 0.15) is 0 Å². The molecule has 2 atom stereocenters. The van der Waals surface area contributed by atoms with E-state index in [1.807, 2.05) is 0 Å². The summed E-state index contributed by atoms with van der Waals surface area (Å²) < 4.78 is 0. The Kier molecular flexibility index (Phi) is 0.831. The molecule has 1 aliphatic rings. The molecule has 1 N–H and O–H groups in total. The normalized spacial score (nSPS) is 32.6. The number of rotatable bonds is 1. The second-order valence-electron chi connectivity index (χ2n) is 2.59. The fourth-order valence-corrected chi connectivity index (χ4v) is 1.01. The minimum atomic E-state index is 0.587. The summed E-state index contributed by atoms with van der Waals surface area (Å²) in [6, 6.07) is 0. The Bertz CT molecular complexity index is 193. The van der Waals surface area contributed by atoms with E-state index in [0.717, 1.165) is 11.7 Å². The van der Waals surface area contributed by atoms with Crippen LogP contribution in [0.15, 0.2) is 0 Å². The lowest BCUT2D eigenvalue weighted by Crippen LogP contribution is -1.83. The van der Waals surface area contributed by atoms with Gasteiger partial charge in [-0.2, -0.15) is 5.21 Å². The number of nitrogens with one attached hydrogen (secondary N) is 1. The van der Waals surface area contributed by atoms with Crippen LogP contribution in [-0.2, 0) is 0 Å². The second kappa shape index (κ2) is 1.52. The lowest BCUT2D eigenvalue weighted by molar-refractivity contribution is 0.847. The Hall–Kier alpha value is -0.930. The summed E-state index contributed by atoms with van der Waals surface area (Å²) in [5, 5.41) is 13.7. The average molecular weight is 124 g/mol. The molecule has 9 heavy (non-hydrogen) atoms. The quantitative estimate of drug-likeness (QED) is 0.586. The van der Waals surface area contributed by atoms with Gasteiger partial charge in [0.15, 0.2) is 5.82 Å². The van der Waals surface area contributed by atoms with Crippen molar-refractivity contribution < 1.29 is 0 Å². The number of hydrogen-bond donors (Lipinski definition) is 1. The second-order valence-corrected chi connectivity index (χ2v) is 2.59. The minimum Gasteiger partial charge on any atom is -0.177 e. The van der Waals surface area contributed by atoms with Crippen molar-refractivity contribution >= 4 is 0 Å². The number of nitrogens with zero attached hydrogens (tertiary/aromatic N) is 3. The Labute approximate surface area is 52.7 Å². The molecule has 0 unspecified atom stereocenters. The highest BCUT2D eigenvalue weighted by Crippen LogP contribution is 2.44. The smallest absolute Gasteiger partial charge is 0.177 e. The molecule has 0 aromatic carbocycles. The van der Waals surface area contributed by atoms with E-state index in [9.17, 15) is 0 Å². The van der Waals surface area contributed by atoms with Crippen LogP contribution in [0.2, 0.25) is 0 Å². The standard InChI is InChI=1S/C5H8N4/c1-3-2-4(3)5-6-8-9-7-5/h3-4H,2H2,1H3,(H,6,7,8,9)/t3-,4-/m1/s1. The van der Waals surface area contributed by atoms with Crippen LogP contribution in [-0.4, -0.2) is 20.6 Å². The van der Waals surface area contributed by atoms with Crippen molar-refractivity contribution in [3.05, 3.63) is 5.82 Å². The highest BCUT2D eigenvalue weighted by Gasteiger charge is 2.37. The average Bonchev–Trinajstić information content (AvgIpc) is 2.44. The van der Waals surface area contributed by atoms with Gasteiger partial charge < -0.3 is 0 Å². The van der Waals surface area contributed by atoms with Gasteiger partial charge in [-0.25, -0.2) is 0 Å². The molecular weight excluding hydrogens is 116 g/mol. The first kappa shape index (κ1) is 4.90. The SMILES string of the molecule is C[C@@H]1C[C@H]1c1nn[nH]n1. The molecular formula is C5H8N4. The Morgan fingerprint density at radius 1 is 1.67 bits per heavy atom. The summed E-state index contributed by atoms with van der Waals surface area (Å²) >= 11 is 0. The van der Waals surface area contributed by atoms with Gasteiger partial charge in [-0.15, -0.1) is 10.2 Å². The van der Waals surface area contributed by atoms with Crippen molar-refractivity contribution in [3.8, 4) is 0 Å². The van der Waals surface area contributed by atoms with Crippen molar-refractivity contribution in [2.24, 2.45) is 5.92 Å². The molecule has 4 heteroatoms. The fourth-order valence-electron chi connectivity index (χ4n) is 1.01. The van der Waals surface area contributed by atoms with Crippen molar-refractivity contribution in [1.29, 1.82) is 0 Å². The topological polar surface area (TPSA) is 54.5 Å². The van der Waals surface area contributed by atoms with Crippen LogP contribution in [0.3, 0.4) is 0 Å². The molecule has 0 amide bonds. The Morgan fingerprint density at radius 3 is 2.89 bits per heavy atom. The first-order chi connectivity index (χ1) is 4.38. The van der Waals surface area contributed by atoms with Gasteiger partial charge in [-0.1, -0.05) is 12.1 Å². The lowest BCUT2D eigenvalue weighted by atomic mass is 10.3. The maximum atomic E-state index is 3.88. The zero-order chi connectivity index (χ0) is 6.27. The Balaban J connectivity index is 2.18. The van der Waals surface area contributed by atoms with Gasteiger partial charge in [0.2, 0.25) is 0 Å². The van der Waals surface area contributed by atoms with Crippen molar-refractivity contribution in [1.82, 2.24) is 20.6 Å². The monoisotopic (exact) mass is 124 g/mol. The van der Waals surface area contributed by atoms with Gasteiger partial charge in [0.05, 0.1) is 0 Å². The van der Waals surface area contributed by atoms with Crippen molar-refractivity contribution in [2.45, 2.75) is 19.3 Å². The number of aromatic amines is 1. The largest absolute Gasteiger partial charge is 0.177 e. The molecule has 1 saturated carbocycles. The number of H-pyrrole nitrogens is 1. The summed E-state index contributed by atoms with van der Waals surface area (Å²) in [7, 11) is 0. The van der Waals surface area contributed by atoms with Crippen LogP contribution in [0.1, 0.15) is 25.1 Å². The maximum absolute atomic E-state index is 3.88. The Morgan fingerprint density at radius 2 is 2.44 bits per heavy atom. The van der Waals surface area contributed by atoms with E-state index in [-0.39, 0.29) is 0 Å². The van der Waals surface area contributed by atoms with Gasteiger partial charge >= 0.3 is 0 Å². The molecule has 0 spiro atoms. The van der Waals surface area contributed by atoms with Crippen molar-refractivity contribution in [3.63, 3.8) is 0 Å². The molecule has 0 bridgehead atoms. The molecule has 0 aliphatic heterocycles. The molecule has 2 rings (SSSR count). The zero-order valence-electron chi connectivity index (χ0n) is 5.20. The molecule has 1 aliphatic carbocycles. The lowest BCUT2D eigenvalue weighted by Gasteiger charge is -1.80. The highest BCUT2D eigenvalue weighted by atomic mass is 15.5. The molecule has 1 heterocycles. The van der Waals surface area contributed by atoms with E-state index < -0.39 is 0 Å². The van der Waals surface area contributed by atoms with Crippen LogP contribution in [0, 0.1) is 5.92 Å². The molecule has 0 radical (unpaired) electrons. The first-order valence-corrected chi connectivity index (χ1v) is 3.11. The fraction of sp³-hybridized carbons (Fsp3) is 0.800. The van der Waals surface area contributed by atoms with Crippen LogP contribution in [0.4, 0.5) is 0 Å². The van der Waals surface area contributed by atoms with E-state index in [1.54, 1.807) is 0 Å². The van der Waals surface area contributed by atoms with Crippen LogP contribution in [0.25, 0.3) is 0 Å². The predicted octanol–water partition coefficient (Wildman–Crippen LogP) is 0.323. The highest BCUT2D eigenvalue weighted by molar-refractivity contribution is 5.04. The number of hydrogen-bond acceptors (Lipinski definition) is 3. The third kappa shape index (κ3) is 0.704. The third-order valence-corrected chi connectivity index (χ3v) is 1.80. The molecule has 1 aromatic rings. The summed E-state index contributed by atoms with van der Waals surface area (Å²) in [6.45, 7) is 2.20. The summed E-state index contributed by atoms with van der Waals surface area (Å²) in [5.41, 5.74) is 0. The van der Waals surface area contributed by atoms with Crippen LogP contribution < -0.4 is 0 Å². The van der Waals surface area contributed by atoms with Crippen LogP contribution in [0.5, 0.6) is 0 Å². The summed E-state index contributed by atoms with van der Waals surface area (Å²) in [6.07, 6.45) is 1.22. The molecule has 4 nitrogen and oxygen atoms in total. The summed E-state index contributed by atoms with van der Waals surface area (Å²) in [5.74, 6) is 2.23. The third-order valence-electron chi connectivity index (χ3n) is 1.80. The predicted molar refractivity (Wildman–Crippen MR) is 30.7 cm³/mol. The maximum Gasteiger partial charge on any atom is 0.177 e. The van der Waals surface area contributed by atoms with E-state index in [0.29, 0.717) is 5.92 Å². The molecule has 1 aromatic heterocycles. The number of aromatic nitrogens is 4. The van der Waals surface area contributed by atoms with Crippen LogP contribution >= 0.6 is 0 Å². The summed E-state index contributed by atoms with van der Waals surface area (Å²) in [4.78, 5) is 0. The van der Waals surface area contributed by atoms with Gasteiger partial charge in [0.25, 0.3) is 0 Å². The minimum absolute atomic E-state index is 0.587. The van der Waals surface area contributed by atoms with E-state index >= 15 is 0 Å².